The van der Waals surface area contributed by atoms with Crippen molar-refractivity contribution >= 4 is 37.7 Å². The lowest BCUT2D eigenvalue weighted by molar-refractivity contribution is 0.386. The Morgan fingerprint density at radius 2 is 1.94 bits per heavy atom. The van der Waals surface area contributed by atoms with Crippen molar-refractivity contribution < 1.29 is 8.42 Å². The Kier molecular flexibility index (Phi) is 3.74. The normalized spacial score (nSPS) is 18.0. The topological polar surface area (TPSA) is 92.4 Å². The maximum absolute atomic E-state index is 11.4. The zero-order chi connectivity index (χ0) is 13.3. The lowest BCUT2D eigenvalue weighted by atomic mass is 10.3. The van der Waals surface area contributed by atoms with Gasteiger partial charge in [0.05, 0.1) is 10.7 Å². The molecule has 0 saturated carbocycles. The summed E-state index contributed by atoms with van der Waals surface area (Å²) in [5, 5.41) is 0. The number of anilines is 2. The fraction of sp³-hybridized carbons (Fsp3) is 0.556. The summed E-state index contributed by atoms with van der Waals surface area (Å²) in [6.45, 7) is 2.08. The molecule has 0 bridgehead atoms. The number of nitrogen functional groups attached to an aromatic ring is 1. The van der Waals surface area contributed by atoms with Crippen molar-refractivity contribution in [2.45, 2.75) is 0 Å². The Bertz CT molecular complexity index is 542. The van der Waals surface area contributed by atoms with E-state index in [2.05, 4.69) is 25.9 Å². The number of piperazine rings is 1. The molecule has 1 aliphatic rings. The van der Waals surface area contributed by atoms with Gasteiger partial charge in [-0.1, -0.05) is 0 Å². The number of rotatable bonds is 2. The number of sulfonamides is 1. The summed E-state index contributed by atoms with van der Waals surface area (Å²) in [6, 6.07) is 0. The van der Waals surface area contributed by atoms with Crippen molar-refractivity contribution in [3.8, 4) is 0 Å². The maximum Gasteiger partial charge on any atom is 0.222 e. The van der Waals surface area contributed by atoms with Gasteiger partial charge in [-0.15, -0.1) is 0 Å². The van der Waals surface area contributed by atoms with Gasteiger partial charge in [-0.25, -0.2) is 13.4 Å². The first-order valence-corrected chi connectivity index (χ1v) is 8.00. The zero-order valence-corrected chi connectivity index (χ0v) is 12.3. The lowest BCUT2D eigenvalue weighted by Gasteiger charge is -2.34. The molecule has 1 fully saturated rings. The van der Waals surface area contributed by atoms with Gasteiger partial charge in [-0.3, -0.25) is 0 Å². The van der Waals surface area contributed by atoms with Crippen molar-refractivity contribution in [2.24, 2.45) is 0 Å². The van der Waals surface area contributed by atoms with Gasteiger partial charge in [-0.2, -0.15) is 9.29 Å². The summed E-state index contributed by atoms with van der Waals surface area (Å²) in [7, 11) is -3.11. The van der Waals surface area contributed by atoms with E-state index in [-0.39, 0.29) is 5.95 Å². The third-order valence-electron chi connectivity index (χ3n) is 2.75. The molecule has 0 amide bonds. The average Bonchev–Trinajstić information content (AvgIpc) is 2.31. The van der Waals surface area contributed by atoms with Crippen LogP contribution < -0.4 is 10.6 Å². The van der Waals surface area contributed by atoms with Crippen LogP contribution in [0.1, 0.15) is 0 Å². The molecule has 0 unspecified atom stereocenters. The highest BCUT2D eigenvalue weighted by atomic mass is 79.9. The van der Waals surface area contributed by atoms with Crippen LogP contribution in [0, 0.1) is 0 Å². The van der Waals surface area contributed by atoms with Crippen LogP contribution in [0.3, 0.4) is 0 Å². The molecule has 2 rings (SSSR count). The Morgan fingerprint density at radius 1 is 1.33 bits per heavy atom. The van der Waals surface area contributed by atoms with E-state index in [1.807, 2.05) is 4.90 Å². The van der Waals surface area contributed by atoms with Crippen molar-refractivity contribution in [1.29, 1.82) is 0 Å². The number of halogens is 1. The molecule has 18 heavy (non-hydrogen) atoms. The van der Waals surface area contributed by atoms with Crippen LogP contribution in [-0.4, -0.2) is 55.1 Å². The highest BCUT2D eigenvalue weighted by Gasteiger charge is 2.25. The van der Waals surface area contributed by atoms with E-state index in [1.165, 1.54) is 10.6 Å². The van der Waals surface area contributed by atoms with Crippen LogP contribution in [0.25, 0.3) is 0 Å². The van der Waals surface area contributed by atoms with E-state index in [0.717, 1.165) is 4.47 Å². The molecule has 0 radical (unpaired) electrons. The summed E-state index contributed by atoms with van der Waals surface area (Å²) in [5.41, 5.74) is 5.55. The SMILES string of the molecule is CS(=O)(=O)N1CCN(c2nc(N)ncc2Br)CC1. The molecule has 9 heteroatoms. The molecule has 100 valence electrons. The van der Waals surface area contributed by atoms with Crippen LogP contribution in [0.15, 0.2) is 10.7 Å². The van der Waals surface area contributed by atoms with E-state index >= 15 is 0 Å². The number of nitrogens with zero attached hydrogens (tertiary/aromatic N) is 4. The van der Waals surface area contributed by atoms with E-state index in [4.69, 9.17) is 5.73 Å². The minimum atomic E-state index is -3.11. The Balaban J connectivity index is 2.12. The number of hydrogen-bond donors (Lipinski definition) is 1. The minimum absolute atomic E-state index is 0.207. The predicted octanol–water partition coefficient (Wildman–Crippen LogP) is -0.0971. The van der Waals surface area contributed by atoms with Crippen LogP contribution in [0.4, 0.5) is 11.8 Å². The van der Waals surface area contributed by atoms with Crippen LogP contribution in [0.2, 0.25) is 0 Å². The summed E-state index contributed by atoms with van der Waals surface area (Å²) in [6.07, 6.45) is 2.82. The monoisotopic (exact) mass is 335 g/mol. The van der Waals surface area contributed by atoms with Gasteiger partial charge in [-0.05, 0) is 15.9 Å². The van der Waals surface area contributed by atoms with Gasteiger partial charge in [0, 0.05) is 32.4 Å². The summed E-state index contributed by atoms with van der Waals surface area (Å²) < 4.78 is 25.0. The van der Waals surface area contributed by atoms with Gasteiger partial charge in [0.15, 0.2) is 0 Å². The van der Waals surface area contributed by atoms with Crippen molar-refractivity contribution in [1.82, 2.24) is 14.3 Å². The summed E-state index contributed by atoms with van der Waals surface area (Å²) in [4.78, 5) is 10.0. The lowest BCUT2D eigenvalue weighted by Crippen LogP contribution is -2.48. The van der Waals surface area contributed by atoms with E-state index < -0.39 is 10.0 Å². The molecule has 0 aliphatic carbocycles. The minimum Gasteiger partial charge on any atom is -0.368 e. The molecule has 0 aromatic carbocycles. The van der Waals surface area contributed by atoms with Gasteiger partial charge >= 0.3 is 0 Å². The fourth-order valence-electron chi connectivity index (χ4n) is 1.82. The molecule has 7 nitrogen and oxygen atoms in total. The first-order valence-electron chi connectivity index (χ1n) is 5.36. The Morgan fingerprint density at radius 3 is 2.50 bits per heavy atom. The molecule has 0 atom stereocenters. The third-order valence-corrected chi connectivity index (χ3v) is 4.61. The smallest absolute Gasteiger partial charge is 0.222 e. The van der Waals surface area contributed by atoms with Crippen LogP contribution in [0.5, 0.6) is 0 Å². The number of nitrogens with two attached hydrogens (primary N) is 1. The largest absolute Gasteiger partial charge is 0.368 e. The van der Waals surface area contributed by atoms with Gasteiger partial charge in [0.2, 0.25) is 16.0 Å². The zero-order valence-electron chi connectivity index (χ0n) is 9.87. The highest BCUT2D eigenvalue weighted by Crippen LogP contribution is 2.24. The third kappa shape index (κ3) is 2.90. The number of hydrogen-bond acceptors (Lipinski definition) is 6. The second-order valence-corrected chi connectivity index (χ2v) is 6.89. The van der Waals surface area contributed by atoms with Crippen molar-refractivity contribution in [3.63, 3.8) is 0 Å². The van der Waals surface area contributed by atoms with Gasteiger partial charge in [0.25, 0.3) is 0 Å². The fourth-order valence-corrected chi connectivity index (χ4v) is 3.09. The highest BCUT2D eigenvalue weighted by molar-refractivity contribution is 9.10. The summed E-state index contributed by atoms with van der Waals surface area (Å²) in [5.74, 6) is 0.911. The van der Waals surface area contributed by atoms with Crippen LogP contribution >= 0.6 is 15.9 Å². The van der Waals surface area contributed by atoms with Crippen molar-refractivity contribution in [2.75, 3.05) is 43.1 Å². The molecule has 2 heterocycles. The Hall–Kier alpha value is -0.930. The van der Waals surface area contributed by atoms with Gasteiger partial charge in [0.1, 0.15) is 5.82 Å². The van der Waals surface area contributed by atoms with Crippen molar-refractivity contribution in [3.05, 3.63) is 10.7 Å². The molecule has 1 aromatic rings. The first kappa shape index (κ1) is 13.5. The second-order valence-electron chi connectivity index (χ2n) is 4.05. The maximum atomic E-state index is 11.4. The van der Waals surface area contributed by atoms with E-state index in [1.54, 1.807) is 6.20 Å². The average molecular weight is 336 g/mol. The standard InChI is InChI=1S/C9H14BrN5O2S/c1-18(16,17)15-4-2-14(3-5-15)8-7(10)6-12-9(11)13-8/h6H,2-5H2,1H3,(H2,11,12,13). The quantitative estimate of drug-likeness (QED) is 0.811. The summed E-state index contributed by atoms with van der Waals surface area (Å²) >= 11 is 3.37. The molecule has 1 aromatic heterocycles. The van der Waals surface area contributed by atoms with E-state index in [9.17, 15) is 8.42 Å². The molecule has 1 saturated heterocycles. The van der Waals surface area contributed by atoms with Gasteiger partial charge < -0.3 is 10.6 Å². The number of aromatic nitrogens is 2. The predicted molar refractivity (Wildman–Crippen MR) is 72.8 cm³/mol. The molecule has 1 aliphatic heterocycles. The molecule has 0 spiro atoms. The Labute approximate surface area is 114 Å². The van der Waals surface area contributed by atoms with Crippen LogP contribution in [-0.2, 0) is 10.0 Å². The van der Waals surface area contributed by atoms with E-state index in [0.29, 0.717) is 32.0 Å². The molecular weight excluding hydrogens is 322 g/mol. The second kappa shape index (κ2) is 4.98. The molecular formula is C9H14BrN5O2S. The first-order chi connectivity index (χ1) is 8.38. The molecule has 2 N–H and O–H groups in total.